The summed E-state index contributed by atoms with van der Waals surface area (Å²) >= 11 is 0. The number of rotatable bonds is 7. The fourth-order valence-electron chi connectivity index (χ4n) is 2.76. The van der Waals surface area contributed by atoms with E-state index in [2.05, 4.69) is 25.9 Å². The van der Waals surface area contributed by atoms with E-state index in [0.29, 0.717) is 0 Å². The molecule has 3 N–H and O–H groups in total. The van der Waals surface area contributed by atoms with Crippen molar-refractivity contribution < 1.29 is 9.72 Å². The summed E-state index contributed by atoms with van der Waals surface area (Å²) in [4.78, 5) is 30.9. The smallest absolute Gasteiger partial charge is 0.329 e. The normalized spacial score (nSPS) is 18.9. The van der Waals surface area contributed by atoms with Crippen molar-refractivity contribution in [1.82, 2.24) is 15.3 Å². The molecule has 1 aromatic heterocycles. The van der Waals surface area contributed by atoms with Gasteiger partial charge in [-0.15, -0.1) is 0 Å². The number of nitrogens with one attached hydrogen (secondary N) is 3. The predicted molar refractivity (Wildman–Crippen MR) is 88.8 cm³/mol. The molecule has 3 rings (SSSR count). The first-order chi connectivity index (χ1) is 11.5. The van der Waals surface area contributed by atoms with E-state index < -0.39 is 11.0 Å². The van der Waals surface area contributed by atoms with Crippen LogP contribution in [0.15, 0.2) is 6.20 Å². The van der Waals surface area contributed by atoms with Crippen LogP contribution in [0.5, 0.6) is 0 Å². The molecule has 0 bridgehead atoms. The maximum Gasteiger partial charge on any atom is 0.329 e. The SMILES string of the molecule is CC(Nc1ncc([N+](=O)[O-])c(NC2CC2)n1)C(=O)NC1CCCC1. The van der Waals surface area contributed by atoms with Crippen molar-refractivity contribution in [2.45, 2.75) is 63.6 Å². The summed E-state index contributed by atoms with van der Waals surface area (Å²) < 4.78 is 0. The lowest BCUT2D eigenvalue weighted by Gasteiger charge is -2.18. The highest BCUT2D eigenvalue weighted by Crippen LogP contribution is 2.29. The van der Waals surface area contributed by atoms with Crippen LogP contribution in [0.1, 0.15) is 45.4 Å². The second-order valence-electron chi connectivity index (χ2n) is 6.46. The minimum Gasteiger partial charge on any atom is -0.361 e. The van der Waals surface area contributed by atoms with Crippen molar-refractivity contribution >= 4 is 23.4 Å². The average molecular weight is 334 g/mol. The van der Waals surface area contributed by atoms with E-state index in [0.717, 1.165) is 38.5 Å². The Morgan fingerprint density at radius 3 is 2.62 bits per heavy atom. The van der Waals surface area contributed by atoms with Gasteiger partial charge in [-0.1, -0.05) is 12.8 Å². The van der Waals surface area contributed by atoms with Gasteiger partial charge in [0.25, 0.3) is 0 Å². The molecule has 1 aromatic rings. The molecule has 2 aliphatic carbocycles. The van der Waals surface area contributed by atoms with Gasteiger partial charge in [-0.3, -0.25) is 14.9 Å². The van der Waals surface area contributed by atoms with Crippen molar-refractivity contribution in [1.29, 1.82) is 0 Å². The first kappa shape index (κ1) is 16.4. The Bertz CT molecular complexity index is 628. The van der Waals surface area contributed by atoms with Crippen molar-refractivity contribution in [3.63, 3.8) is 0 Å². The Hall–Kier alpha value is -2.45. The summed E-state index contributed by atoms with van der Waals surface area (Å²) in [5.41, 5.74) is -0.157. The molecule has 9 heteroatoms. The average Bonchev–Trinajstić information content (AvgIpc) is 3.20. The number of hydrogen-bond donors (Lipinski definition) is 3. The van der Waals surface area contributed by atoms with Gasteiger partial charge in [-0.2, -0.15) is 4.98 Å². The van der Waals surface area contributed by atoms with Gasteiger partial charge in [0, 0.05) is 12.1 Å². The third-order valence-corrected chi connectivity index (χ3v) is 4.32. The Morgan fingerprint density at radius 2 is 2.00 bits per heavy atom. The molecule has 0 aliphatic heterocycles. The second kappa shape index (κ2) is 6.98. The molecule has 2 fully saturated rings. The van der Waals surface area contributed by atoms with E-state index in [4.69, 9.17) is 0 Å². The van der Waals surface area contributed by atoms with Crippen LogP contribution in [0.25, 0.3) is 0 Å². The molecule has 24 heavy (non-hydrogen) atoms. The molecule has 130 valence electrons. The van der Waals surface area contributed by atoms with E-state index in [1.165, 1.54) is 6.20 Å². The number of nitro groups is 1. The van der Waals surface area contributed by atoms with Gasteiger partial charge in [-0.05, 0) is 32.6 Å². The van der Waals surface area contributed by atoms with Crippen molar-refractivity contribution in [3.8, 4) is 0 Å². The van der Waals surface area contributed by atoms with Crippen LogP contribution < -0.4 is 16.0 Å². The molecule has 1 atom stereocenters. The van der Waals surface area contributed by atoms with Crippen molar-refractivity contribution in [2.75, 3.05) is 10.6 Å². The summed E-state index contributed by atoms with van der Waals surface area (Å²) in [6.07, 6.45) is 7.45. The molecular weight excluding hydrogens is 312 g/mol. The van der Waals surface area contributed by atoms with Crippen LogP contribution in [-0.4, -0.2) is 38.9 Å². The molecule has 1 amide bonds. The summed E-state index contributed by atoms with van der Waals surface area (Å²) in [5, 5.41) is 20.0. The summed E-state index contributed by atoms with van der Waals surface area (Å²) in [7, 11) is 0. The van der Waals surface area contributed by atoms with E-state index in [9.17, 15) is 14.9 Å². The van der Waals surface area contributed by atoms with E-state index in [-0.39, 0.29) is 35.4 Å². The Morgan fingerprint density at radius 1 is 1.29 bits per heavy atom. The Balaban J connectivity index is 1.64. The Kier molecular flexibility index (Phi) is 4.77. The molecule has 1 unspecified atom stereocenters. The fraction of sp³-hybridized carbons (Fsp3) is 0.667. The van der Waals surface area contributed by atoms with Crippen LogP contribution in [0.2, 0.25) is 0 Å². The molecule has 0 saturated heterocycles. The third-order valence-electron chi connectivity index (χ3n) is 4.32. The summed E-state index contributed by atoms with van der Waals surface area (Å²) in [6.45, 7) is 1.73. The maximum atomic E-state index is 12.2. The minimum atomic E-state index is -0.513. The number of carbonyl (C=O) groups is 1. The number of nitrogens with zero attached hydrogens (tertiary/aromatic N) is 3. The monoisotopic (exact) mass is 334 g/mol. The molecule has 0 radical (unpaired) electrons. The molecule has 1 heterocycles. The van der Waals surface area contributed by atoms with E-state index in [1.807, 2.05) is 0 Å². The number of hydrogen-bond acceptors (Lipinski definition) is 7. The van der Waals surface area contributed by atoms with Gasteiger partial charge in [-0.25, -0.2) is 4.98 Å². The van der Waals surface area contributed by atoms with Gasteiger partial charge in [0.15, 0.2) is 0 Å². The molecule has 0 aromatic carbocycles. The van der Waals surface area contributed by atoms with Gasteiger partial charge < -0.3 is 16.0 Å². The maximum absolute atomic E-state index is 12.2. The molecule has 2 saturated carbocycles. The van der Waals surface area contributed by atoms with Crippen molar-refractivity contribution in [2.24, 2.45) is 0 Å². The van der Waals surface area contributed by atoms with Gasteiger partial charge in [0.2, 0.25) is 17.7 Å². The first-order valence-electron chi connectivity index (χ1n) is 8.38. The van der Waals surface area contributed by atoms with E-state index in [1.54, 1.807) is 6.92 Å². The molecule has 0 spiro atoms. The van der Waals surface area contributed by atoms with Crippen molar-refractivity contribution in [3.05, 3.63) is 16.3 Å². The first-order valence-corrected chi connectivity index (χ1v) is 8.38. The van der Waals surface area contributed by atoms with Gasteiger partial charge >= 0.3 is 5.69 Å². The highest BCUT2D eigenvalue weighted by atomic mass is 16.6. The number of amides is 1. The standard InChI is InChI=1S/C15H22N6O3/c1-9(14(22)19-10-4-2-3-5-10)17-15-16-8-12(21(23)24)13(20-15)18-11-6-7-11/h8-11H,2-7H2,1H3,(H,19,22)(H2,16,17,18,20). The molecule has 9 nitrogen and oxygen atoms in total. The van der Waals surface area contributed by atoms with Crippen LogP contribution in [0.3, 0.4) is 0 Å². The van der Waals surface area contributed by atoms with Gasteiger partial charge in [0.1, 0.15) is 12.2 Å². The topological polar surface area (TPSA) is 122 Å². The number of aromatic nitrogens is 2. The largest absolute Gasteiger partial charge is 0.361 e. The highest BCUT2D eigenvalue weighted by molar-refractivity contribution is 5.84. The van der Waals surface area contributed by atoms with E-state index >= 15 is 0 Å². The van der Waals surface area contributed by atoms with Crippen LogP contribution in [0.4, 0.5) is 17.5 Å². The lowest BCUT2D eigenvalue weighted by molar-refractivity contribution is -0.384. The lowest BCUT2D eigenvalue weighted by Crippen LogP contribution is -2.42. The molecule has 2 aliphatic rings. The lowest BCUT2D eigenvalue weighted by atomic mass is 10.2. The molecular formula is C15H22N6O3. The van der Waals surface area contributed by atoms with Crippen LogP contribution in [-0.2, 0) is 4.79 Å². The van der Waals surface area contributed by atoms with Crippen LogP contribution >= 0.6 is 0 Å². The number of anilines is 2. The highest BCUT2D eigenvalue weighted by Gasteiger charge is 2.27. The number of carbonyl (C=O) groups excluding carboxylic acids is 1. The summed E-state index contributed by atoms with van der Waals surface area (Å²) in [6, 6.07) is -0.0398. The zero-order chi connectivity index (χ0) is 17.1. The van der Waals surface area contributed by atoms with Crippen LogP contribution in [0, 0.1) is 10.1 Å². The summed E-state index contributed by atoms with van der Waals surface area (Å²) in [5.74, 6) is 0.293. The zero-order valence-corrected chi connectivity index (χ0v) is 13.6. The second-order valence-corrected chi connectivity index (χ2v) is 6.46. The quantitative estimate of drug-likeness (QED) is 0.513. The minimum absolute atomic E-state index is 0.111. The van der Waals surface area contributed by atoms with Gasteiger partial charge in [0.05, 0.1) is 4.92 Å². The third kappa shape index (κ3) is 4.09. The predicted octanol–water partition coefficient (Wildman–Crippen LogP) is 1.82. The fourth-order valence-corrected chi connectivity index (χ4v) is 2.76. The Labute approximate surface area is 139 Å². The zero-order valence-electron chi connectivity index (χ0n) is 13.6.